The summed E-state index contributed by atoms with van der Waals surface area (Å²) in [6.45, 7) is 8.98. The lowest BCUT2D eigenvalue weighted by atomic mass is 10.1. The van der Waals surface area contributed by atoms with Crippen LogP contribution in [0.3, 0.4) is 0 Å². The van der Waals surface area contributed by atoms with Crippen LogP contribution < -0.4 is 14.8 Å². The van der Waals surface area contributed by atoms with E-state index >= 15 is 0 Å². The smallest absolute Gasteiger partial charge is 0.238 e. The quantitative estimate of drug-likeness (QED) is 0.778. The van der Waals surface area contributed by atoms with Crippen molar-refractivity contribution in [2.24, 2.45) is 0 Å². The molecule has 1 aliphatic rings. The largest absolute Gasteiger partial charge is 0.493 e. The molecule has 1 fully saturated rings. The second-order valence-electron chi connectivity index (χ2n) is 7.61. The number of hydrogen-bond acceptors (Lipinski definition) is 5. The van der Waals surface area contributed by atoms with Gasteiger partial charge in [-0.2, -0.15) is 0 Å². The van der Waals surface area contributed by atoms with Crippen molar-refractivity contribution in [2.75, 3.05) is 52.3 Å². The first-order valence-corrected chi connectivity index (χ1v) is 10.0. The zero-order chi connectivity index (χ0) is 20.8. The Morgan fingerprint density at radius 1 is 0.931 bits per heavy atom. The fraction of sp³-hybridized carbons (Fsp3) is 0.435. The average molecular weight is 398 g/mol. The van der Waals surface area contributed by atoms with Gasteiger partial charge in [-0.1, -0.05) is 18.2 Å². The first-order valence-electron chi connectivity index (χ1n) is 10.0. The van der Waals surface area contributed by atoms with Gasteiger partial charge in [0.15, 0.2) is 11.5 Å². The van der Waals surface area contributed by atoms with Crippen LogP contribution in [0, 0.1) is 13.8 Å². The van der Waals surface area contributed by atoms with Crippen molar-refractivity contribution in [3.8, 4) is 11.5 Å². The van der Waals surface area contributed by atoms with E-state index in [9.17, 15) is 4.79 Å². The highest BCUT2D eigenvalue weighted by Gasteiger charge is 2.20. The standard InChI is InChI=1S/C23H31N3O3/c1-17-5-6-18(2)20(13-17)24-23(27)16-26-11-9-25(10-12-26)15-19-7-8-21(28-3)22(14-19)29-4/h5-8,13-14H,9-12,15-16H2,1-4H3,(H,24,27). The number of methoxy groups -OCH3 is 2. The lowest BCUT2D eigenvalue weighted by Gasteiger charge is -2.34. The summed E-state index contributed by atoms with van der Waals surface area (Å²) in [4.78, 5) is 17.1. The summed E-state index contributed by atoms with van der Waals surface area (Å²) in [7, 11) is 3.30. The number of nitrogens with one attached hydrogen (secondary N) is 1. The number of hydrogen-bond donors (Lipinski definition) is 1. The summed E-state index contributed by atoms with van der Waals surface area (Å²) < 4.78 is 10.7. The van der Waals surface area contributed by atoms with Gasteiger partial charge in [0.05, 0.1) is 20.8 Å². The minimum atomic E-state index is 0.0482. The third-order valence-electron chi connectivity index (χ3n) is 5.35. The van der Waals surface area contributed by atoms with Gasteiger partial charge in [-0.05, 0) is 48.7 Å². The number of carbonyl (C=O) groups excluding carboxylic acids is 1. The van der Waals surface area contributed by atoms with Crippen LogP contribution in [0.5, 0.6) is 11.5 Å². The lowest BCUT2D eigenvalue weighted by Crippen LogP contribution is -2.48. The molecule has 0 spiro atoms. The number of aryl methyl sites for hydroxylation is 2. The molecule has 0 unspecified atom stereocenters. The molecule has 1 amide bonds. The summed E-state index contributed by atoms with van der Waals surface area (Å²) in [6.07, 6.45) is 0. The Bertz CT molecular complexity index is 845. The molecule has 0 radical (unpaired) electrons. The first kappa shape index (κ1) is 21.1. The zero-order valence-corrected chi connectivity index (χ0v) is 17.8. The van der Waals surface area contributed by atoms with Crippen molar-refractivity contribution in [1.29, 1.82) is 0 Å². The Morgan fingerprint density at radius 3 is 2.31 bits per heavy atom. The molecule has 0 aromatic heterocycles. The summed E-state index contributed by atoms with van der Waals surface area (Å²) in [5.74, 6) is 1.55. The zero-order valence-electron chi connectivity index (χ0n) is 17.8. The number of anilines is 1. The first-order chi connectivity index (χ1) is 14.0. The number of amides is 1. The van der Waals surface area contributed by atoms with E-state index in [1.165, 1.54) is 5.56 Å². The van der Waals surface area contributed by atoms with Crippen LogP contribution in [-0.4, -0.2) is 62.7 Å². The molecule has 1 saturated heterocycles. The fourth-order valence-electron chi connectivity index (χ4n) is 3.61. The van der Waals surface area contributed by atoms with Crippen LogP contribution >= 0.6 is 0 Å². The maximum absolute atomic E-state index is 12.5. The van der Waals surface area contributed by atoms with Gasteiger partial charge in [0.25, 0.3) is 0 Å². The molecule has 1 aliphatic heterocycles. The van der Waals surface area contributed by atoms with E-state index < -0.39 is 0 Å². The normalized spacial score (nSPS) is 15.2. The molecule has 2 aromatic carbocycles. The summed E-state index contributed by atoms with van der Waals surface area (Å²) in [5.41, 5.74) is 4.34. The van der Waals surface area contributed by atoms with E-state index in [0.29, 0.717) is 6.54 Å². The van der Waals surface area contributed by atoms with Gasteiger partial charge >= 0.3 is 0 Å². The molecule has 1 heterocycles. The molecule has 0 saturated carbocycles. The van der Waals surface area contributed by atoms with Gasteiger partial charge in [0.2, 0.25) is 5.91 Å². The SMILES string of the molecule is COc1ccc(CN2CCN(CC(=O)Nc3cc(C)ccc3C)CC2)cc1OC. The predicted molar refractivity (Wildman–Crippen MR) is 116 cm³/mol. The summed E-state index contributed by atoms with van der Waals surface area (Å²) in [6, 6.07) is 12.2. The maximum Gasteiger partial charge on any atom is 0.238 e. The van der Waals surface area contributed by atoms with Crippen LogP contribution in [0.1, 0.15) is 16.7 Å². The van der Waals surface area contributed by atoms with Gasteiger partial charge in [0, 0.05) is 38.4 Å². The van der Waals surface area contributed by atoms with Crippen molar-refractivity contribution < 1.29 is 14.3 Å². The van der Waals surface area contributed by atoms with Crippen LogP contribution in [0.2, 0.25) is 0 Å². The Balaban J connectivity index is 1.48. The monoisotopic (exact) mass is 397 g/mol. The minimum Gasteiger partial charge on any atom is -0.493 e. The van der Waals surface area contributed by atoms with Crippen LogP contribution in [-0.2, 0) is 11.3 Å². The molecule has 0 bridgehead atoms. The van der Waals surface area contributed by atoms with Crippen molar-refractivity contribution in [3.05, 3.63) is 53.1 Å². The van der Waals surface area contributed by atoms with Crippen molar-refractivity contribution in [1.82, 2.24) is 9.80 Å². The number of rotatable bonds is 7. The van der Waals surface area contributed by atoms with Crippen molar-refractivity contribution >= 4 is 11.6 Å². The highest BCUT2D eigenvalue weighted by Crippen LogP contribution is 2.28. The maximum atomic E-state index is 12.5. The summed E-state index contributed by atoms with van der Waals surface area (Å²) >= 11 is 0. The van der Waals surface area contributed by atoms with Crippen molar-refractivity contribution in [2.45, 2.75) is 20.4 Å². The van der Waals surface area contributed by atoms with Gasteiger partial charge in [-0.15, -0.1) is 0 Å². The second-order valence-corrected chi connectivity index (χ2v) is 7.61. The van der Waals surface area contributed by atoms with Gasteiger partial charge < -0.3 is 14.8 Å². The fourth-order valence-corrected chi connectivity index (χ4v) is 3.61. The molecule has 156 valence electrons. The van der Waals surface area contributed by atoms with E-state index in [1.54, 1.807) is 14.2 Å². The third-order valence-corrected chi connectivity index (χ3v) is 5.35. The molecule has 1 N–H and O–H groups in total. The molecule has 0 aliphatic carbocycles. The molecular weight excluding hydrogens is 366 g/mol. The predicted octanol–water partition coefficient (Wildman–Crippen LogP) is 3.08. The number of nitrogens with zero attached hydrogens (tertiary/aromatic N) is 2. The Hall–Kier alpha value is -2.57. The number of carbonyl (C=O) groups is 1. The molecule has 0 atom stereocenters. The lowest BCUT2D eigenvalue weighted by molar-refractivity contribution is -0.117. The second kappa shape index (κ2) is 9.76. The van der Waals surface area contributed by atoms with Crippen molar-refractivity contribution in [3.63, 3.8) is 0 Å². The van der Waals surface area contributed by atoms with Gasteiger partial charge in [-0.25, -0.2) is 0 Å². The Kier molecular flexibility index (Phi) is 7.12. The van der Waals surface area contributed by atoms with Crippen LogP contribution in [0.15, 0.2) is 36.4 Å². The average Bonchev–Trinajstić information content (AvgIpc) is 2.72. The van der Waals surface area contributed by atoms with E-state index in [2.05, 4.69) is 27.2 Å². The molecule has 6 nitrogen and oxygen atoms in total. The van der Waals surface area contributed by atoms with E-state index in [-0.39, 0.29) is 5.91 Å². The molecular formula is C23H31N3O3. The molecule has 6 heteroatoms. The number of benzene rings is 2. The van der Waals surface area contributed by atoms with Gasteiger partial charge in [0.1, 0.15) is 0 Å². The van der Waals surface area contributed by atoms with Gasteiger partial charge in [-0.3, -0.25) is 14.6 Å². The van der Waals surface area contributed by atoms with Crippen LogP contribution in [0.25, 0.3) is 0 Å². The number of piperazine rings is 1. The number of ether oxygens (including phenoxy) is 2. The third kappa shape index (κ3) is 5.71. The molecule has 3 rings (SSSR count). The topological polar surface area (TPSA) is 54.0 Å². The van der Waals surface area contributed by atoms with E-state index in [0.717, 1.165) is 61.0 Å². The molecule has 2 aromatic rings. The molecule has 29 heavy (non-hydrogen) atoms. The Labute approximate surface area is 173 Å². The minimum absolute atomic E-state index is 0.0482. The van der Waals surface area contributed by atoms with E-state index in [4.69, 9.17) is 9.47 Å². The Morgan fingerprint density at radius 2 is 1.62 bits per heavy atom. The summed E-state index contributed by atoms with van der Waals surface area (Å²) in [5, 5.41) is 3.05. The van der Waals surface area contributed by atoms with E-state index in [1.807, 2.05) is 38.1 Å². The highest BCUT2D eigenvalue weighted by molar-refractivity contribution is 5.93. The van der Waals surface area contributed by atoms with Crippen LogP contribution in [0.4, 0.5) is 5.69 Å². The highest BCUT2D eigenvalue weighted by atomic mass is 16.5.